The summed E-state index contributed by atoms with van der Waals surface area (Å²) >= 11 is 0. The van der Waals surface area contributed by atoms with Crippen LogP contribution in [0.25, 0.3) is 11.0 Å². The molecule has 0 amide bonds. The van der Waals surface area contributed by atoms with Gasteiger partial charge in [0, 0.05) is 31.5 Å². The molecule has 2 aromatic heterocycles. The Morgan fingerprint density at radius 2 is 2.11 bits per heavy atom. The normalized spacial score (nSPS) is 22.9. The quantitative estimate of drug-likeness (QED) is 0.740. The van der Waals surface area contributed by atoms with Gasteiger partial charge in [-0.1, -0.05) is 18.2 Å². The second-order valence-corrected chi connectivity index (χ2v) is 7.29. The highest BCUT2D eigenvalue weighted by atomic mass is 16.5. The van der Waals surface area contributed by atoms with E-state index in [1.165, 1.54) is 0 Å². The third-order valence-corrected chi connectivity index (χ3v) is 5.58. The standard InChI is InChI=1S/C20H23N5O2/c1-12-7-15-19(23-12)21-11-22-20(15)24-18-14-5-3-4-6-17(14)27-10-16(18)25-8-13(9-25)26-2/h3-7,11,13,16,18H,8-10H2,1-2H3,(H2,21,22,23,24)/t16-,18-/m0/s1. The van der Waals surface area contributed by atoms with Gasteiger partial charge >= 0.3 is 0 Å². The zero-order valence-corrected chi connectivity index (χ0v) is 15.5. The van der Waals surface area contributed by atoms with E-state index >= 15 is 0 Å². The third kappa shape index (κ3) is 2.83. The molecule has 0 aliphatic carbocycles. The van der Waals surface area contributed by atoms with Crippen molar-refractivity contribution < 1.29 is 9.47 Å². The maximum atomic E-state index is 6.06. The second-order valence-electron chi connectivity index (χ2n) is 7.29. The van der Waals surface area contributed by atoms with Crippen LogP contribution in [0, 0.1) is 6.92 Å². The van der Waals surface area contributed by atoms with E-state index in [2.05, 4.69) is 43.4 Å². The molecule has 1 saturated heterocycles. The predicted octanol–water partition coefficient (Wildman–Crippen LogP) is 2.51. The number of nitrogens with one attached hydrogen (secondary N) is 2. The minimum Gasteiger partial charge on any atom is -0.491 e. The number of aromatic nitrogens is 3. The Hall–Kier alpha value is -2.64. The number of para-hydroxylation sites is 1. The highest BCUT2D eigenvalue weighted by Crippen LogP contribution is 2.38. The average molecular weight is 365 g/mol. The van der Waals surface area contributed by atoms with E-state index in [0.29, 0.717) is 12.7 Å². The van der Waals surface area contributed by atoms with Gasteiger partial charge in [-0.05, 0) is 19.1 Å². The molecule has 2 atom stereocenters. The van der Waals surface area contributed by atoms with Crippen molar-refractivity contribution in [3.8, 4) is 5.75 Å². The molecule has 2 aliphatic heterocycles. The summed E-state index contributed by atoms with van der Waals surface area (Å²) in [7, 11) is 1.77. The highest BCUT2D eigenvalue weighted by molar-refractivity contribution is 5.87. The molecule has 2 N–H and O–H groups in total. The van der Waals surface area contributed by atoms with Crippen LogP contribution in [0.1, 0.15) is 17.3 Å². The van der Waals surface area contributed by atoms with Crippen LogP contribution < -0.4 is 10.1 Å². The van der Waals surface area contributed by atoms with Gasteiger partial charge in [0.2, 0.25) is 0 Å². The topological polar surface area (TPSA) is 75.3 Å². The van der Waals surface area contributed by atoms with Crippen LogP contribution in [-0.2, 0) is 4.74 Å². The molecular weight excluding hydrogens is 342 g/mol. The number of ether oxygens (including phenoxy) is 2. The van der Waals surface area contributed by atoms with E-state index in [-0.39, 0.29) is 12.1 Å². The Morgan fingerprint density at radius 1 is 1.26 bits per heavy atom. The number of methoxy groups -OCH3 is 1. The molecule has 2 aliphatic rings. The molecule has 1 fully saturated rings. The number of rotatable bonds is 4. The molecule has 7 heteroatoms. The van der Waals surface area contributed by atoms with Gasteiger partial charge in [0.05, 0.1) is 23.6 Å². The van der Waals surface area contributed by atoms with Gasteiger partial charge in [0.25, 0.3) is 0 Å². The lowest BCUT2D eigenvalue weighted by Gasteiger charge is -2.48. The lowest BCUT2D eigenvalue weighted by Crippen LogP contribution is -2.60. The van der Waals surface area contributed by atoms with E-state index in [0.717, 1.165) is 46.9 Å². The molecule has 27 heavy (non-hydrogen) atoms. The Morgan fingerprint density at radius 3 is 2.96 bits per heavy atom. The highest BCUT2D eigenvalue weighted by Gasteiger charge is 2.41. The number of hydrogen-bond donors (Lipinski definition) is 2. The monoisotopic (exact) mass is 365 g/mol. The van der Waals surface area contributed by atoms with Gasteiger partial charge in [-0.25, -0.2) is 9.97 Å². The number of likely N-dealkylation sites (tertiary alicyclic amines) is 1. The molecule has 0 bridgehead atoms. The zero-order chi connectivity index (χ0) is 18.4. The molecule has 7 nitrogen and oxygen atoms in total. The van der Waals surface area contributed by atoms with Crippen molar-refractivity contribution in [2.24, 2.45) is 0 Å². The summed E-state index contributed by atoms with van der Waals surface area (Å²) in [6, 6.07) is 10.6. The summed E-state index contributed by atoms with van der Waals surface area (Å²) in [5, 5.41) is 4.70. The molecule has 140 valence electrons. The largest absolute Gasteiger partial charge is 0.491 e. The fourth-order valence-electron chi connectivity index (χ4n) is 4.06. The Balaban J connectivity index is 1.51. The van der Waals surface area contributed by atoms with Gasteiger partial charge in [-0.2, -0.15) is 0 Å². The van der Waals surface area contributed by atoms with E-state index < -0.39 is 0 Å². The second kappa shape index (κ2) is 6.51. The minimum absolute atomic E-state index is 0.0843. The minimum atomic E-state index is 0.0843. The summed E-state index contributed by atoms with van der Waals surface area (Å²) in [6.45, 7) is 4.52. The third-order valence-electron chi connectivity index (χ3n) is 5.58. The van der Waals surface area contributed by atoms with Crippen molar-refractivity contribution in [1.29, 1.82) is 0 Å². The van der Waals surface area contributed by atoms with Crippen molar-refractivity contribution in [2.45, 2.75) is 25.1 Å². The number of nitrogens with zero attached hydrogens (tertiary/aromatic N) is 3. The van der Waals surface area contributed by atoms with E-state index in [1.54, 1.807) is 13.4 Å². The fraction of sp³-hybridized carbons (Fsp3) is 0.400. The van der Waals surface area contributed by atoms with Gasteiger partial charge in [-0.15, -0.1) is 0 Å². The lowest BCUT2D eigenvalue weighted by molar-refractivity contribution is -0.0654. The van der Waals surface area contributed by atoms with Crippen molar-refractivity contribution >= 4 is 16.9 Å². The zero-order valence-electron chi connectivity index (χ0n) is 15.5. The van der Waals surface area contributed by atoms with Crippen molar-refractivity contribution in [3.05, 3.63) is 47.9 Å². The van der Waals surface area contributed by atoms with Crippen LogP contribution in [0.5, 0.6) is 5.75 Å². The first-order chi connectivity index (χ1) is 13.2. The first-order valence-corrected chi connectivity index (χ1v) is 9.28. The molecule has 4 heterocycles. The maximum absolute atomic E-state index is 6.06. The smallest absolute Gasteiger partial charge is 0.143 e. The maximum Gasteiger partial charge on any atom is 0.143 e. The van der Waals surface area contributed by atoms with Crippen LogP contribution in [0.2, 0.25) is 0 Å². The molecule has 5 rings (SSSR count). The number of aromatic amines is 1. The fourth-order valence-corrected chi connectivity index (χ4v) is 4.06. The summed E-state index contributed by atoms with van der Waals surface area (Å²) in [5.74, 6) is 1.78. The lowest BCUT2D eigenvalue weighted by atomic mass is 9.92. The summed E-state index contributed by atoms with van der Waals surface area (Å²) in [4.78, 5) is 14.6. The number of benzene rings is 1. The first-order valence-electron chi connectivity index (χ1n) is 9.28. The predicted molar refractivity (Wildman–Crippen MR) is 103 cm³/mol. The molecule has 1 aromatic carbocycles. The molecule has 3 aromatic rings. The van der Waals surface area contributed by atoms with Crippen LogP contribution in [0.4, 0.5) is 5.82 Å². The first kappa shape index (κ1) is 16.5. The van der Waals surface area contributed by atoms with Crippen LogP contribution >= 0.6 is 0 Å². The van der Waals surface area contributed by atoms with Crippen LogP contribution in [-0.4, -0.2) is 58.8 Å². The van der Waals surface area contributed by atoms with Crippen molar-refractivity contribution in [1.82, 2.24) is 19.9 Å². The van der Waals surface area contributed by atoms with Crippen molar-refractivity contribution in [2.75, 3.05) is 32.1 Å². The van der Waals surface area contributed by atoms with E-state index in [1.807, 2.05) is 19.1 Å². The molecular formula is C20H23N5O2. The summed E-state index contributed by atoms with van der Waals surface area (Å²) in [5.41, 5.74) is 3.09. The number of H-pyrrole nitrogens is 1. The van der Waals surface area contributed by atoms with E-state index in [9.17, 15) is 0 Å². The average Bonchev–Trinajstić information content (AvgIpc) is 3.03. The summed E-state index contributed by atoms with van der Waals surface area (Å²) in [6.07, 6.45) is 1.91. The Kier molecular flexibility index (Phi) is 3.98. The SMILES string of the molecule is COC1CN([C@H]2COc3ccccc3[C@@H]2Nc2ncnc3[nH]c(C)cc23)C1. The van der Waals surface area contributed by atoms with Gasteiger partial charge < -0.3 is 19.8 Å². The van der Waals surface area contributed by atoms with Gasteiger partial charge in [0.15, 0.2) is 0 Å². The molecule has 0 spiro atoms. The van der Waals surface area contributed by atoms with Gasteiger partial charge in [0.1, 0.15) is 30.1 Å². The molecule has 0 radical (unpaired) electrons. The van der Waals surface area contributed by atoms with Gasteiger partial charge in [-0.3, -0.25) is 4.90 Å². The van der Waals surface area contributed by atoms with Crippen LogP contribution in [0.15, 0.2) is 36.7 Å². The molecule has 0 saturated carbocycles. The van der Waals surface area contributed by atoms with E-state index in [4.69, 9.17) is 9.47 Å². The Labute approximate surface area is 157 Å². The number of hydrogen-bond acceptors (Lipinski definition) is 6. The Bertz CT molecular complexity index is 966. The van der Waals surface area contributed by atoms with Crippen LogP contribution in [0.3, 0.4) is 0 Å². The summed E-state index contributed by atoms with van der Waals surface area (Å²) < 4.78 is 11.5. The number of fused-ring (bicyclic) bond motifs is 2. The number of anilines is 1. The molecule has 0 unspecified atom stereocenters. The number of aryl methyl sites for hydroxylation is 1. The van der Waals surface area contributed by atoms with Crippen molar-refractivity contribution in [3.63, 3.8) is 0 Å².